The van der Waals surface area contributed by atoms with Gasteiger partial charge in [-0.25, -0.2) is 0 Å². The zero-order valence-electron chi connectivity index (χ0n) is 9.23. The first-order valence-corrected chi connectivity index (χ1v) is 5.30. The number of nitrogens with zero attached hydrogens (tertiary/aromatic N) is 1. The van der Waals surface area contributed by atoms with Crippen molar-refractivity contribution in [3.8, 4) is 0 Å². The van der Waals surface area contributed by atoms with Crippen molar-refractivity contribution in [3.05, 3.63) is 41.7 Å². The molecule has 2 N–H and O–H groups in total. The number of amides is 1. The lowest BCUT2D eigenvalue weighted by atomic mass is 10.0. The van der Waals surface area contributed by atoms with Crippen molar-refractivity contribution >= 4 is 16.7 Å². The van der Waals surface area contributed by atoms with Gasteiger partial charge in [-0.3, -0.25) is 9.78 Å². The molecule has 0 spiro atoms. The van der Waals surface area contributed by atoms with Crippen LogP contribution in [-0.2, 0) is 11.2 Å². The van der Waals surface area contributed by atoms with Crippen LogP contribution in [0.25, 0.3) is 10.8 Å². The zero-order chi connectivity index (χ0) is 11.5. The SMILES string of the molecule is Cc1cnc(CCC(N)=O)c2ccccc12. The first-order valence-electron chi connectivity index (χ1n) is 5.30. The minimum atomic E-state index is -0.286. The third-order valence-corrected chi connectivity index (χ3v) is 2.69. The Hall–Kier alpha value is -1.90. The fraction of sp³-hybridized carbons (Fsp3) is 0.231. The van der Waals surface area contributed by atoms with E-state index >= 15 is 0 Å². The van der Waals surface area contributed by atoms with Crippen LogP contribution in [-0.4, -0.2) is 10.9 Å². The van der Waals surface area contributed by atoms with Crippen LogP contribution < -0.4 is 5.73 Å². The molecule has 0 unspecified atom stereocenters. The minimum Gasteiger partial charge on any atom is -0.370 e. The molecule has 0 atom stereocenters. The van der Waals surface area contributed by atoms with Crippen LogP contribution in [0.3, 0.4) is 0 Å². The van der Waals surface area contributed by atoms with E-state index in [1.807, 2.05) is 31.3 Å². The Morgan fingerprint density at radius 3 is 2.69 bits per heavy atom. The Kier molecular flexibility index (Phi) is 2.86. The van der Waals surface area contributed by atoms with Gasteiger partial charge < -0.3 is 5.73 Å². The van der Waals surface area contributed by atoms with Crippen LogP contribution in [0.4, 0.5) is 0 Å². The second-order valence-corrected chi connectivity index (χ2v) is 3.90. The van der Waals surface area contributed by atoms with Gasteiger partial charge >= 0.3 is 0 Å². The maximum atomic E-state index is 10.8. The standard InChI is InChI=1S/C13H14N2O/c1-9-8-15-12(6-7-13(14)16)11-5-3-2-4-10(9)11/h2-5,8H,6-7H2,1H3,(H2,14,16). The Bertz CT molecular complexity index is 534. The molecule has 0 aliphatic rings. The molecule has 0 aliphatic carbocycles. The fourth-order valence-electron chi connectivity index (χ4n) is 1.83. The van der Waals surface area contributed by atoms with Crippen molar-refractivity contribution in [3.63, 3.8) is 0 Å². The average Bonchev–Trinajstić information content (AvgIpc) is 2.28. The predicted molar refractivity (Wildman–Crippen MR) is 64.0 cm³/mol. The molecule has 0 saturated carbocycles. The van der Waals surface area contributed by atoms with E-state index in [1.54, 1.807) is 0 Å². The van der Waals surface area contributed by atoms with Gasteiger partial charge in [0.15, 0.2) is 0 Å². The molecular weight excluding hydrogens is 200 g/mol. The van der Waals surface area contributed by atoms with E-state index in [-0.39, 0.29) is 5.91 Å². The van der Waals surface area contributed by atoms with Gasteiger partial charge in [-0.15, -0.1) is 0 Å². The lowest BCUT2D eigenvalue weighted by Gasteiger charge is -2.06. The zero-order valence-corrected chi connectivity index (χ0v) is 9.23. The van der Waals surface area contributed by atoms with E-state index in [0.717, 1.165) is 16.6 Å². The van der Waals surface area contributed by atoms with E-state index in [4.69, 9.17) is 5.73 Å². The van der Waals surface area contributed by atoms with Gasteiger partial charge in [0.25, 0.3) is 0 Å². The Morgan fingerprint density at radius 2 is 2.00 bits per heavy atom. The molecule has 82 valence electrons. The number of nitrogens with two attached hydrogens (primary N) is 1. The Morgan fingerprint density at radius 1 is 1.31 bits per heavy atom. The highest BCUT2D eigenvalue weighted by molar-refractivity contribution is 5.87. The molecule has 3 heteroatoms. The molecule has 0 radical (unpaired) electrons. The molecule has 1 heterocycles. The number of carbonyl (C=O) groups excluding carboxylic acids is 1. The smallest absolute Gasteiger partial charge is 0.217 e. The maximum Gasteiger partial charge on any atom is 0.217 e. The Balaban J connectivity index is 2.46. The number of benzene rings is 1. The van der Waals surface area contributed by atoms with Crippen LogP contribution in [0.1, 0.15) is 17.7 Å². The van der Waals surface area contributed by atoms with E-state index in [9.17, 15) is 4.79 Å². The molecule has 0 aliphatic heterocycles. The minimum absolute atomic E-state index is 0.286. The first-order chi connectivity index (χ1) is 7.68. The quantitative estimate of drug-likeness (QED) is 0.849. The highest BCUT2D eigenvalue weighted by atomic mass is 16.1. The summed E-state index contributed by atoms with van der Waals surface area (Å²) in [4.78, 5) is 15.1. The number of fused-ring (bicyclic) bond motifs is 1. The molecule has 1 amide bonds. The average molecular weight is 214 g/mol. The number of aryl methyl sites for hydroxylation is 2. The molecule has 0 saturated heterocycles. The third kappa shape index (κ3) is 2.03. The van der Waals surface area contributed by atoms with Crippen LogP contribution in [0, 0.1) is 6.92 Å². The van der Waals surface area contributed by atoms with Gasteiger partial charge in [0.2, 0.25) is 5.91 Å². The molecular formula is C13H14N2O. The number of rotatable bonds is 3. The molecule has 3 nitrogen and oxygen atoms in total. The first kappa shape index (κ1) is 10.6. The summed E-state index contributed by atoms with van der Waals surface area (Å²) < 4.78 is 0. The van der Waals surface area contributed by atoms with Crippen molar-refractivity contribution in [2.75, 3.05) is 0 Å². The number of aromatic nitrogens is 1. The van der Waals surface area contributed by atoms with Gasteiger partial charge in [-0.05, 0) is 24.3 Å². The number of primary amides is 1. The van der Waals surface area contributed by atoms with Crippen molar-refractivity contribution in [1.82, 2.24) is 4.98 Å². The molecule has 0 bridgehead atoms. The summed E-state index contributed by atoms with van der Waals surface area (Å²) in [5, 5.41) is 2.31. The summed E-state index contributed by atoms with van der Waals surface area (Å²) in [6.07, 6.45) is 2.80. The van der Waals surface area contributed by atoms with Crippen LogP contribution in [0.2, 0.25) is 0 Å². The summed E-state index contributed by atoms with van der Waals surface area (Å²) in [6, 6.07) is 8.09. The van der Waals surface area contributed by atoms with E-state index in [1.165, 1.54) is 5.39 Å². The van der Waals surface area contributed by atoms with Gasteiger partial charge in [0, 0.05) is 23.7 Å². The number of pyridine rings is 1. The van der Waals surface area contributed by atoms with E-state index in [0.29, 0.717) is 12.8 Å². The summed E-state index contributed by atoms with van der Waals surface area (Å²) >= 11 is 0. The summed E-state index contributed by atoms with van der Waals surface area (Å²) in [5.74, 6) is -0.286. The van der Waals surface area contributed by atoms with Crippen LogP contribution in [0.15, 0.2) is 30.5 Å². The fourth-order valence-corrected chi connectivity index (χ4v) is 1.83. The lowest BCUT2D eigenvalue weighted by Crippen LogP contribution is -2.11. The van der Waals surface area contributed by atoms with Crippen LogP contribution in [0.5, 0.6) is 0 Å². The second-order valence-electron chi connectivity index (χ2n) is 3.90. The number of carbonyl (C=O) groups is 1. The summed E-state index contributed by atoms with van der Waals surface area (Å²) in [6.45, 7) is 2.03. The number of hydrogen-bond donors (Lipinski definition) is 1. The van der Waals surface area contributed by atoms with Gasteiger partial charge in [0.05, 0.1) is 0 Å². The molecule has 2 rings (SSSR count). The van der Waals surface area contributed by atoms with Crippen molar-refractivity contribution < 1.29 is 4.79 Å². The molecule has 1 aromatic heterocycles. The Labute approximate surface area is 94.3 Å². The highest BCUT2D eigenvalue weighted by Gasteiger charge is 2.05. The monoisotopic (exact) mass is 214 g/mol. The molecule has 1 aromatic carbocycles. The largest absolute Gasteiger partial charge is 0.370 e. The van der Waals surface area contributed by atoms with Crippen molar-refractivity contribution in [2.45, 2.75) is 19.8 Å². The van der Waals surface area contributed by atoms with Crippen molar-refractivity contribution in [2.24, 2.45) is 5.73 Å². The van der Waals surface area contributed by atoms with Gasteiger partial charge in [-0.1, -0.05) is 24.3 Å². The molecule has 0 fully saturated rings. The maximum absolute atomic E-state index is 10.8. The predicted octanol–water partition coefficient (Wildman–Crippen LogP) is 1.96. The summed E-state index contributed by atoms with van der Waals surface area (Å²) in [7, 11) is 0. The topological polar surface area (TPSA) is 56.0 Å². The van der Waals surface area contributed by atoms with Gasteiger partial charge in [0.1, 0.15) is 0 Å². The van der Waals surface area contributed by atoms with Gasteiger partial charge in [-0.2, -0.15) is 0 Å². The number of hydrogen-bond acceptors (Lipinski definition) is 2. The third-order valence-electron chi connectivity index (χ3n) is 2.69. The van der Waals surface area contributed by atoms with Crippen molar-refractivity contribution in [1.29, 1.82) is 0 Å². The van der Waals surface area contributed by atoms with E-state index in [2.05, 4.69) is 11.1 Å². The second kappa shape index (κ2) is 4.31. The normalized spacial score (nSPS) is 10.6. The highest BCUT2D eigenvalue weighted by Crippen LogP contribution is 2.20. The van der Waals surface area contributed by atoms with Crippen LogP contribution >= 0.6 is 0 Å². The van der Waals surface area contributed by atoms with E-state index < -0.39 is 0 Å². The molecule has 2 aromatic rings. The molecule has 16 heavy (non-hydrogen) atoms. The lowest BCUT2D eigenvalue weighted by molar-refractivity contribution is -0.117. The summed E-state index contributed by atoms with van der Waals surface area (Å²) in [5.41, 5.74) is 7.24.